The molecule has 0 aliphatic carbocycles. The smallest absolute Gasteiger partial charge is 0.399 e. The van der Waals surface area contributed by atoms with Crippen molar-refractivity contribution < 1.29 is 36.3 Å². The van der Waals surface area contributed by atoms with E-state index in [9.17, 15) is 31.4 Å². The first-order valence-electron chi connectivity index (χ1n) is 7.15. The van der Waals surface area contributed by atoms with Gasteiger partial charge in [-0.2, -0.15) is 26.3 Å². The summed E-state index contributed by atoms with van der Waals surface area (Å²) in [5.74, 6) is 0. The lowest BCUT2D eigenvalue weighted by Crippen LogP contribution is -2.53. The van der Waals surface area contributed by atoms with Crippen LogP contribution in [0.5, 0.6) is 0 Å². The van der Waals surface area contributed by atoms with Crippen LogP contribution in [0.4, 0.5) is 26.3 Å². The van der Waals surface area contributed by atoms with E-state index in [4.69, 9.17) is 4.84 Å². The second-order valence-corrected chi connectivity index (χ2v) is 5.27. The van der Waals surface area contributed by atoms with Crippen LogP contribution in [0.25, 0.3) is 0 Å². The maximum Gasteiger partial charge on any atom is 0.430 e. The molecule has 2 aromatic carbocycles. The summed E-state index contributed by atoms with van der Waals surface area (Å²) in [6, 6.07) is 11.5. The highest BCUT2D eigenvalue weighted by atomic mass is 19.4. The van der Waals surface area contributed by atoms with Crippen LogP contribution in [-0.4, -0.2) is 30.3 Å². The number of nitrogens with zero attached hydrogens (tertiary/aromatic N) is 1. The van der Waals surface area contributed by atoms with Gasteiger partial charge in [-0.25, -0.2) is 0 Å². The largest absolute Gasteiger partial charge is 0.430 e. The Morgan fingerprint density at radius 2 is 1.27 bits per heavy atom. The number of aliphatic hydroxyl groups is 1. The van der Waals surface area contributed by atoms with Crippen molar-refractivity contribution in [1.82, 2.24) is 0 Å². The molecule has 2 rings (SSSR count). The summed E-state index contributed by atoms with van der Waals surface area (Å²) in [5.41, 5.74) is -5.34. The van der Waals surface area contributed by atoms with Gasteiger partial charge >= 0.3 is 12.4 Å². The molecule has 0 heterocycles. The van der Waals surface area contributed by atoms with Crippen molar-refractivity contribution in [2.24, 2.45) is 5.16 Å². The zero-order chi connectivity index (χ0) is 19.6. The molecule has 0 aliphatic heterocycles. The van der Waals surface area contributed by atoms with Gasteiger partial charge in [0.25, 0.3) is 5.60 Å². The van der Waals surface area contributed by atoms with Gasteiger partial charge in [-0.05, 0) is 0 Å². The lowest BCUT2D eigenvalue weighted by Gasteiger charge is -2.32. The van der Waals surface area contributed by atoms with Crippen LogP contribution in [0.15, 0.2) is 59.8 Å². The summed E-state index contributed by atoms with van der Waals surface area (Å²) in [7, 11) is 1.25. The maximum atomic E-state index is 12.9. The first-order valence-corrected chi connectivity index (χ1v) is 7.15. The number of benzene rings is 2. The predicted octanol–water partition coefficient (Wildman–Crippen LogP) is 4.40. The fourth-order valence-corrected chi connectivity index (χ4v) is 2.32. The second-order valence-electron chi connectivity index (χ2n) is 5.27. The van der Waals surface area contributed by atoms with Crippen LogP contribution >= 0.6 is 0 Å². The van der Waals surface area contributed by atoms with Crippen molar-refractivity contribution in [1.29, 1.82) is 0 Å². The van der Waals surface area contributed by atoms with Crippen molar-refractivity contribution in [3.8, 4) is 0 Å². The molecule has 0 aromatic heterocycles. The Morgan fingerprint density at radius 1 is 0.808 bits per heavy atom. The summed E-state index contributed by atoms with van der Waals surface area (Å²) < 4.78 is 77.5. The minimum Gasteiger partial charge on any atom is -0.399 e. The molecule has 0 amide bonds. The molecule has 3 nitrogen and oxygen atoms in total. The van der Waals surface area contributed by atoms with Gasteiger partial charge in [-0.15, -0.1) is 0 Å². The first kappa shape index (κ1) is 19.8. The number of hydrogen-bond acceptors (Lipinski definition) is 3. The van der Waals surface area contributed by atoms with Crippen molar-refractivity contribution in [3.63, 3.8) is 0 Å². The summed E-state index contributed by atoms with van der Waals surface area (Å²) in [6.45, 7) is 0. The highest BCUT2D eigenvalue weighted by molar-refractivity contribution is 6.12. The van der Waals surface area contributed by atoms with Crippen LogP contribution < -0.4 is 0 Å². The number of alkyl halides is 6. The van der Waals surface area contributed by atoms with Gasteiger partial charge in [0.2, 0.25) is 0 Å². The molecule has 0 saturated carbocycles. The van der Waals surface area contributed by atoms with E-state index in [2.05, 4.69) is 5.16 Å². The van der Waals surface area contributed by atoms with E-state index in [-0.39, 0.29) is 11.3 Å². The molecule has 0 saturated heterocycles. The Kier molecular flexibility index (Phi) is 5.31. The monoisotopic (exact) mass is 377 g/mol. The molecular weight excluding hydrogens is 364 g/mol. The molecule has 0 fully saturated rings. The predicted molar refractivity (Wildman–Crippen MR) is 81.5 cm³/mol. The van der Waals surface area contributed by atoms with E-state index < -0.39 is 23.5 Å². The van der Waals surface area contributed by atoms with Gasteiger partial charge in [0, 0.05) is 16.7 Å². The first-order chi connectivity index (χ1) is 12.0. The lowest BCUT2D eigenvalue weighted by molar-refractivity contribution is -0.376. The standard InChI is InChI=1S/C17H13F6NO2/c1-26-24-14(11-5-3-2-4-6-11)12-7-9-13(10-8-12)15(25,16(18,19)20)17(21,22)23/h2-10,25H,1H3/b24-14-. The quantitative estimate of drug-likeness (QED) is 0.488. The van der Waals surface area contributed by atoms with Gasteiger partial charge in [0.1, 0.15) is 12.8 Å². The number of hydrogen-bond donors (Lipinski definition) is 1. The third kappa shape index (κ3) is 3.52. The zero-order valence-corrected chi connectivity index (χ0v) is 13.3. The molecule has 0 spiro atoms. The molecule has 0 aliphatic rings. The molecule has 0 radical (unpaired) electrons. The van der Waals surface area contributed by atoms with Crippen LogP contribution in [0, 0.1) is 0 Å². The maximum absolute atomic E-state index is 12.9. The van der Waals surface area contributed by atoms with E-state index >= 15 is 0 Å². The summed E-state index contributed by atoms with van der Waals surface area (Å²) in [4.78, 5) is 4.70. The van der Waals surface area contributed by atoms with Gasteiger partial charge in [-0.3, -0.25) is 0 Å². The van der Waals surface area contributed by atoms with Crippen molar-refractivity contribution >= 4 is 5.71 Å². The molecule has 140 valence electrons. The molecule has 0 atom stereocenters. The topological polar surface area (TPSA) is 41.8 Å². The third-order valence-electron chi connectivity index (χ3n) is 3.63. The summed E-state index contributed by atoms with van der Waals surface area (Å²) in [6.07, 6.45) is -11.9. The van der Waals surface area contributed by atoms with Gasteiger partial charge in [-0.1, -0.05) is 59.8 Å². The molecular formula is C17H13F6NO2. The molecule has 0 unspecified atom stereocenters. The van der Waals surface area contributed by atoms with Crippen LogP contribution in [0.3, 0.4) is 0 Å². The zero-order valence-electron chi connectivity index (χ0n) is 13.3. The van der Waals surface area contributed by atoms with Crippen LogP contribution in [-0.2, 0) is 10.4 Å². The van der Waals surface area contributed by atoms with E-state index in [0.29, 0.717) is 17.7 Å². The second kappa shape index (κ2) is 6.99. The number of rotatable bonds is 4. The Balaban J connectivity index is 2.51. The molecule has 26 heavy (non-hydrogen) atoms. The Bertz CT molecular complexity index is 753. The van der Waals surface area contributed by atoms with Gasteiger partial charge in [0.05, 0.1) is 0 Å². The SMILES string of the molecule is CO/N=C(/c1ccccc1)c1ccc(C(O)(C(F)(F)F)C(F)(F)F)cc1. The van der Waals surface area contributed by atoms with E-state index in [0.717, 1.165) is 12.1 Å². The van der Waals surface area contributed by atoms with Crippen molar-refractivity contribution in [3.05, 3.63) is 71.3 Å². The third-order valence-corrected chi connectivity index (χ3v) is 3.63. The summed E-state index contributed by atoms with van der Waals surface area (Å²) in [5, 5.41) is 13.2. The average molecular weight is 377 g/mol. The highest BCUT2D eigenvalue weighted by Crippen LogP contribution is 2.49. The Morgan fingerprint density at radius 3 is 1.69 bits per heavy atom. The Hall–Kier alpha value is -2.55. The minimum absolute atomic E-state index is 0.210. The highest BCUT2D eigenvalue weighted by Gasteiger charge is 2.71. The Labute approximate surface area is 144 Å². The lowest BCUT2D eigenvalue weighted by atomic mass is 9.90. The van der Waals surface area contributed by atoms with Gasteiger partial charge < -0.3 is 9.94 Å². The van der Waals surface area contributed by atoms with Crippen LogP contribution in [0.2, 0.25) is 0 Å². The van der Waals surface area contributed by atoms with Crippen molar-refractivity contribution in [2.75, 3.05) is 7.11 Å². The summed E-state index contributed by atoms with van der Waals surface area (Å²) >= 11 is 0. The fraction of sp³-hybridized carbons (Fsp3) is 0.235. The van der Waals surface area contributed by atoms with E-state index in [1.807, 2.05) is 0 Å². The number of halogens is 6. The normalized spacial score (nSPS) is 13.6. The van der Waals surface area contributed by atoms with E-state index in [1.165, 1.54) is 7.11 Å². The molecule has 9 heteroatoms. The average Bonchev–Trinajstić information content (AvgIpc) is 2.58. The molecule has 0 bridgehead atoms. The van der Waals surface area contributed by atoms with Crippen LogP contribution in [0.1, 0.15) is 16.7 Å². The van der Waals surface area contributed by atoms with Gasteiger partial charge in [0.15, 0.2) is 0 Å². The van der Waals surface area contributed by atoms with E-state index in [1.54, 1.807) is 30.3 Å². The fourth-order valence-electron chi connectivity index (χ4n) is 2.32. The molecule has 2 aromatic rings. The van der Waals surface area contributed by atoms with Crippen molar-refractivity contribution in [2.45, 2.75) is 18.0 Å². The number of oxime groups is 1. The molecule has 1 N–H and O–H groups in total. The minimum atomic E-state index is -5.93.